The van der Waals surface area contributed by atoms with Crippen molar-refractivity contribution in [3.05, 3.63) is 89.5 Å². The Bertz CT molecular complexity index is 986. The molecule has 0 saturated heterocycles. The highest BCUT2D eigenvalue weighted by molar-refractivity contribution is 5.53. The molecule has 0 amide bonds. The monoisotopic (exact) mass is 499 g/mol. The van der Waals surface area contributed by atoms with Gasteiger partial charge in [0, 0.05) is 61.7 Å². The van der Waals surface area contributed by atoms with Crippen molar-refractivity contribution >= 4 is 17.1 Å². The third-order valence-corrected chi connectivity index (χ3v) is 8.24. The molecule has 0 bridgehead atoms. The zero-order valence-electron chi connectivity index (χ0n) is 24.4. The van der Waals surface area contributed by atoms with Gasteiger partial charge < -0.3 is 14.7 Å². The predicted molar refractivity (Wildman–Crippen MR) is 165 cm³/mol. The lowest BCUT2D eigenvalue weighted by atomic mass is 9.72. The van der Waals surface area contributed by atoms with Crippen LogP contribution in [-0.4, -0.2) is 39.3 Å². The van der Waals surface area contributed by atoms with Gasteiger partial charge >= 0.3 is 0 Å². The Balaban J connectivity index is 1.92. The number of nitrogens with zero attached hydrogens (tertiary/aromatic N) is 3. The van der Waals surface area contributed by atoms with Crippen molar-refractivity contribution in [1.82, 2.24) is 0 Å². The van der Waals surface area contributed by atoms with E-state index >= 15 is 0 Å². The summed E-state index contributed by atoms with van der Waals surface area (Å²) in [5.41, 5.74) is 8.04. The zero-order chi connectivity index (χ0) is 26.8. The average molecular weight is 500 g/mol. The fourth-order valence-corrected chi connectivity index (χ4v) is 5.57. The quantitative estimate of drug-likeness (QED) is 0.221. The minimum Gasteiger partial charge on any atom is -0.372 e. The molecule has 0 aromatic heterocycles. The summed E-state index contributed by atoms with van der Waals surface area (Å²) in [7, 11) is 0. The lowest BCUT2D eigenvalue weighted by molar-refractivity contribution is 0.520. The van der Waals surface area contributed by atoms with Crippen LogP contribution in [0.4, 0.5) is 17.1 Å². The van der Waals surface area contributed by atoms with Crippen molar-refractivity contribution < 1.29 is 0 Å². The molecule has 3 heteroatoms. The fraction of sp³-hybridized carbons (Fsp3) is 0.471. The Labute approximate surface area is 227 Å². The summed E-state index contributed by atoms with van der Waals surface area (Å²) in [5.74, 6) is 0. The third kappa shape index (κ3) is 6.69. The van der Waals surface area contributed by atoms with Crippen molar-refractivity contribution in [3.63, 3.8) is 0 Å². The van der Waals surface area contributed by atoms with Crippen LogP contribution in [0.25, 0.3) is 0 Å². The Morgan fingerprint density at radius 1 is 0.459 bits per heavy atom. The second-order valence-electron chi connectivity index (χ2n) is 10.1. The minimum atomic E-state index is -0.0683. The fourth-order valence-electron chi connectivity index (χ4n) is 5.57. The van der Waals surface area contributed by atoms with Gasteiger partial charge in [0.1, 0.15) is 0 Å². The predicted octanol–water partition coefficient (Wildman–Crippen LogP) is 8.16. The lowest BCUT2D eigenvalue weighted by Crippen LogP contribution is -2.26. The van der Waals surface area contributed by atoms with Crippen LogP contribution in [0, 0.1) is 0 Å². The van der Waals surface area contributed by atoms with E-state index in [1.165, 1.54) is 33.8 Å². The van der Waals surface area contributed by atoms with E-state index in [1.807, 2.05) is 0 Å². The largest absolute Gasteiger partial charge is 0.372 e. The summed E-state index contributed by atoms with van der Waals surface area (Å²) in [6.07, 6.45) is 2.11. The van der Waals surface area contributed by atoms with Crippen molar-refractivity contribution in [2.24, 2.45) is 0 Å². The standard InChI is InChI=1S/C34H49N3/c1-8-35(9-2)31-20-14-28(15-21-31)26-27-34(7,29-16-22-32(23-17-29)36(10-3)11-4)30-18-24-33(25-19-30)37(12-5)13-6/h14-25H,8-13,26-27H2,1-7H3. The molecule has 3 rings (SSSR count). The summed E-state index contributed by atoms with van der Waals surface area (Å²) in [5, 5.41) is 0. The van der Waals surface area contributed by atoms with Crippen LogP contribution in [0.3, 0.4) is 0 Å². The van der Waals surface area contributed by atoms with E-state index in [1.54, 1.807) is 0 Å². The SMILES string of the molecule is CCN(CC)c1ccc(CCC(C)(c2ccc(N(CC)CC)cc2)c2ccc(N(CC)CC)cc2)cc1. The average Bonchev–Trinajstić information content (AvgIpc) is 2.95. The summed E-state index contributed by atoms with van der Waals surface area (Å²) in [6, 6.07) is 27.9. The van der Waals surface area contributed by atoms with Crippen LogP contribution in [0.15, 0.2) is 72.8 Å². The van der Waals surface area contributed by atoms with Gasteiger partial charge in [-0.15, -0.1) is 0 Å². The smallest absolute Gasteiger partial charge is 0.0366 e. The molecule has 0 unspecified atom stereocenters. The molecule has 37 heavy (non-hydrogen) atoms. The molecule has 0 saturated carbocycles. The summed E-state index contributed by atoms with van der Waals surface area (Å²) in [4.78, 5) is 7.23. The second-order valence-corrected chi connectivity index (χ2v) is 10.1. The van der Waals surface area contributed by atoms with Crippen LogP contribution in [0.5, 0.6) is 0 Å². The van der Waals surface area contributed by atoms with E-state index < -0.39 is 0 Å². The maximum atomic E-state index is 2.43. The van der Waals surface area contributed by atoms with Crippen molar-refractivity contribution in [1.29, 1.82) is 0 Å². The summed E-state index contributed by atoms with van der Waals surface area (Å²) in [6.45, 7) is 22.0. The van der Waals surface area contributed by atoms with E-state index in [9.17, 15) is 0 Å². The first-order chi connectivity index (χ1) is 17.9. The van der Waals surface area contributed by atoms with Crippen molar-refractivity contribution in [2.45, 2.75) is 66.7 Å². The van der Waals surface area contributed by atoms with Gasteiger partial charge in [0.05, 0.1) is 0 Å². The molecule has 0 aliphatic rings. The van der Waals surface area contributed by atoms with Crippen molar-refractivity contribution in [3.8, 4) is 0 Å². The number of hydrogen-bond acceptors (Lipinski definition) is 3. The Kier molecular flexibility index (Phi) is 10.5. The molecule has 0 spiro atoms. The topological polar surface area (TPSA) is 9.72 Å². The third-order valence-electron chi connectivity index (χ3n) is 8.24. The van der Waals surface area contributed by atoms with E-state index in [0.717, 1.165) is 52.1 Å². The normalized spacial score (nSPS) is 11.4. The highest BCUT2D eigenvalue weighted by Gasteiger charge is 2.29. The highest BCUT2D eigenvalue weighted by atomic mass is 15.1. The van der Waals surface area contributed by atoms with Gasteiger partial charge in [0.25, 0.3) is 0 Å². The number of rotatable bonds is 14. The lowest BCUT2D eigenvalue weighted by Gasteiger charge is -2.33. The van der Waals surface area contributed by atoms with Gasteiger partial charge in [-0.2, -0.15) is 0 Å². The van der Waals surface area contributed by atoms with Crippen LogP contribution < -0.4 is 14.7 Å². The molecule has 0 N–H and O–H groups in total. The number of hydrogen-bond donors (Lipinski definition) is 0. The molecule has 0 aliphatic heterocycles. The van der Waals surface area contributed by atoms with E-state index in [0.29, 0.717) is 0 Å². The van der Waals surface area contributed by atoms with Crippen LogP contribution in [0.2, 0.25) is 0 Å². The zero-order valence-corrected chi connectivity index (χ0v) is 24.4. The van der Waals surface area contributed by atoms with Crippen LogP contribution in [0.1, 0.15) is 71.6 Å². The van der Waals surface area contributed by atoms with Gasteiger partial charge in [-0.05, 0) is 107 Å². The summed E-state index contributed by atoms with van der Waals surface area (Å²) >= 11 is 0. The molecule has 3 aromatic carbocycles. The number of anilines is 3. The minimum absolute atomic E-state index is 0.0683. The van der Waals surface area contributed by atoms with Gasteiger partial charge in [-0.1, -0.05) is 43.3 Å². The molecule has 0 heterocycles. The molecule has 3 aromatic rings. The molecule has 0 aliphatic carbocycles. The molecule has 0 radical (unpaired) electrons. The van der Waals surface area contributed by atoms with Gasteiger partial charge in [-0.3, -0.25) is 0 Å². The van der Waals surface area contributed by atoms with E-state index in [2.05, 4.69) is 136 Å². The molecule has 3 nitrogen and oxygen atoms in total. The Hall–Kier alpha value is -2.94. The molecular formula is C34H49N3. The number of aryl methyl sites for hydroxylation is 1. The van der Waals surface area contributed by atoms with Crippen molar-refractivity contribution in [2.75, 3.05) is 54.0 Å². The van der Waals surface area contributed by atoms with E-state index in [-0.39, 0.29) is 5.41 Å². The van der Waals surface area contributed by atoms with Gasteiger partial charge in [0.15, 0.2) is 0 Å². The van der Waals surface area contributed by atoms with E-state index in [4.69, 9.17) is 0 Å². The second kappa shape index (κ2) is 13.6. The first-order valence-electron chi connectivity index (χ1n) is 14.5. The highest BCUT2D eigenvalue weighted by Crippen LogP contribution is 2.38. The van der Waals surface area contributed by atoms with Gasteiger partial charge in [0.2, 0.25) is 0 Å². The molecule has 0 fully saturated rings. The van der Waals surface area contributed by atoms with Crippen LogP contribution >= 0.6 is 0 Å². The summed E-state index contributed by atoms with van der Waals surface area (Å²) < 4.78 is 0. The Morgan fingerprint density at radius 3 is 1.05 bits per heavy atom. The molecular weight excluding hydrogens is 450 g/mol. The maximum absolute atomic E-state index is 2.43. The molecule has 200 valence electrons. The first kappa shape index (κ1) is 28.6. The first-order valence-corrected chi connectivity index (χ1v) is 14.5. The number of benzene rings is 3. The van der Waals surface area contributed by atoms with Crippen LogP contribution in [-0.2, 0) is 11.8 Å². The Morgan fingerprint density at radius 2 is 0.757 bits per heavy atom. The molecule has 0 atom stereocenters. The maximum Gasteiger partial charge on any atom is 0.0366 e. The van der Waals surface area contributed by atoms with Gasteiger partial charge in [-0.25, -0.2) is 0 Å².